The number of benzene rings is 1. The Labute approximate surface area is 123 Å². The van der Waals surface area contributed by atoms with Crippen LogP contribution >= 0.6 is 10.7 Å². The van der Waals surface area contributed by atoms with Crippen molar-refractivity contribution in [2.45, 2.75) is 43.9 Å². The van der Waals surface area contributed by atoms with E-state index >= 15 is 0 Å². The van der Waals surface area contributed by atoms with Crippen LogP contribution in [0.15, 0.2) is 23.1 Å². The molecular weight excluding hydrogens is 298 g/mol. The number of hydrogen-bond acceptors (Lipinski definition) is 3. The molecule has 0 heterocycles. The van der Waals surface area contributed by atoms with Gasteiger partial charge >= 0.3 is 0 Å². The van der Waals surface area contributed by atoms with Crippen molar-refractivity contribution in [3.8, 4) is 0 Å². The van der Waals surface area contributed by atoms with Crippen molar-refractivity contribution in [3.63, 3.8) is 0 Å². The summed E-state index contributed by atoms with van der Waals surface area (Å²) >= 11 is 0. The molecule has 1 amide bonds. The van der Waals surface area contributed by atoms with E-state index in [9.17, 15) is 13.2 Å². The first kappa shape index (κ1) is 15.3. The van der Waals surface area contributed by atoms with Gasteiger partial charge in [-0.05, 0) is 49.4 Å². The molecule has 1 aliphatic rings. The standard InChI is InChI=1S/C14H18ClNO3S/c1-10-8-12(6-7-13(10)20(15,18)19)16-14(17)9-11-4-2-3-5-11/h6-8,11H,2-5,9H2,1H3,(H,16,17). The second-order valence-electron chi connectivity index (χ2n) is 5.32. The summed E-state index contributed by atoms with van der Waals surface area (Å²) < 4.78 is 22.6. The number of carbonyl (C=O) groups is 1. The Morgan fingerprint density at radius 1 is 1.35 bits per heavy atom. The Morgan fingerprint density at radius 3 is 2.55 bits per heavy atom. The fraction of sp³-hybridized carbons (Fsp3) is 0.500. The van der Waals surface area contributed by atoms with E-state index in [0.29, 0.717) is 23.6 Å². The fourth-order valence-electron chi connectivity index (χ4n) is 2.69. The Hall–Kier alpha value is -1.07. The average Bonchev–Trinajstić information content (AvgIpc) is 2.79. The van der Waals surface area contributed by atoms with Crippen LogP contribution in [-0.2, 0) is 13.8 Å². The van der Waals surface area contributed by atoms with E-state index in [2.05, 4.69) is 5.32 Å². The zero-order valence-corrected chi connectivity index (χ0v) is 12.9. The van der Waals surface area contributed by atoms with Crippen molar-refractivity contribution in [1.82, 2.24) is 0 Å². The number of rotatable bonds is 4. The van der Waals surface area contributed by atoms with Crippen LogP contribution in [0.5, 0.6) is 0 Å². The zero-order valence-electron chi connectivity index (χ0n) is 11.4. The average molecular weight is 316 g/mol. The molecule has 0 radical (unpaired) electrons. The highest BCUT2D eigenvalue weighted by Crippen LogP contribution is 2.28. The molecule has 0 saturated heterocycles. The zero-order chi connectivity index (χ0) is 14.8. The molecule has 4 nitrogen and oxygen atoms in total. The first-order chi connectivity index (χ1) is 9.36. The van der Waals surface area contributed by atoms with Gasteiger partial charge in [0.1, 0.15) is 0 Å². The number of anilines is 1. The first-order valence-electron chi connectivity index (χ1n) is 6.71. The van der Waals surface area contributed by atoms with Gasteiger partial charge in [-0.15, -0.1) is 0 Å². The predicted molar refractivity (Wildman–Crippen MR) is 79.4 cm³/mol. The third-order valence-electron chi connectivity index (χ3n) is 3.67. The van der Waals surface area contributed by atoms with Crippen LogP contribution in [0, 0.1) is 12.8 Å². The van der Waals surface area contributed by atoms with Gasteiger partial charge in [0.25, 0.3) is 9.05 Å². The minimum atomic E-state index is -3.74. The van der Waals surface area contributed by atoms with Crippen molar-refractivity contribution in [1.29, 1.82) is 0 Å². The summed E-state index contributed by atoms with van der Waals surface area (Å²) in [5, 5.41) is 2.81. The summed E-state index contributed by atoms with van der Waals surface area (Å²) in [6.07, 6.45) is 5.19. The molecule has 6 heteroatoms. The Kier molecular flexibility index (Phi) is 4.70. The molecule has 1 N–H and O–H groups in total. The van der Waals surface area contributed by atoms with Crippen LogP contribution < -0.4 is 5.32 Å². The summed E-state index contributed by atoms with van der Waals surface area (Å²) in [6.45, 7) is 1.65. The van der Waals surface area contributed by atoms with Crippen LogP contribution in [0.25, 0.3) is 0 Å². The molecule has 1 fully saturated rings. The third-order valence-corrected chi connectivity index (χ3v) is 5.15. The van der Waals surface area contributed by atoms with E-state index in [4.69, 9.17) is 10.7 Å². The minimum Gasteiger partial charge on any atom is -0.326 e. The molecule has 1 aromatic carbocycles. The van der Waals surface area contributed by atoms with Gasteiger partial charge in [0, 0.05) is 22.8 Å². The number of nitrogens with one attached hydrogen (secondary N) is 1. The van der Waals surface area contributed by atoms with Crippen LogP contribution in [-0.4, -0.2) is 14.3 Å². The van der Waals surface area contributed by atoms with Crippen LogP contribution in [0.2, 0.25) is 0 Å². The van der Waals surface area contributed by atoms with Gasteiger partial charge in [-0.25, -0.2) is 8.42 Å². The SMILES string of the molecule is Cc1cc(NC(=O)CC2CCCC2)ccc1S(=O)(=O)Cl. The molecule has 1 aliphatic carbocycles. The number of carbonyl (C=O) groups excluding carboxylic acids is 1. The van der Waals surface area contributed by atoms with Crippen LogP contribution in [0.4, 0.5) is 5.69 Å². The van der Waals surface area contributed by atoms with Crippen molar-refractivity contribution in [2.75, 3.05) is 5.32 Å². The van der Waals surface area contributed by atoms with Crippen molar-refractivity contribution in [3.05, 3.63) is 23.8 Å². The lowest BCUT2D eigenvalue weighted by Crippen LogP contribution is -2.15. The lowest BCUT2D eigenvalue weighted by Gasteiger charge is -2.11. The quantitative estimate of drug-likeness (QED) is 0.866. The molecule has 0 aromatic heterocycles. The molecule has 2 rings (SSSR count). The number of aryl methyl sites for hydroxylation is 1. The van der Waals surface area contributed by atoms with Crippen molar-refractivity contribution < 1.29 is 13.2 Å². The second-order valence-corrected chi connectivity index (χ2v) is 7.86. The fourth-order valence-corrected chi connectivity index (χ4v) is 3.88. The van der Waals surface area contributed by atoms with Gasteiger partial charge in [0.05, 0.1) is 4.90 Å². The molecule has 1 saturated carbocycles. The smallest absolute Gasteiger partial charge is 0.261 e. The number of amides is 1. The summed E-state index contributed by atoms with van der Waals surface area (Å²) in [4.78, 5) is 12.0. The van der Waals surface area contributed by atoms with Crippen molar-refractivity contribution in [2.24, 2.45) is 5.92 Å². The topological polar surface area (TPSA) is 63.2 Å². The summed E-state index contributed by atoms with van der Waals surface area (Å²) in [5.74, 6) is 0.469. The highest BCUT2D eigenvalue weighted by atomic mass is 35.7. The second kappa shape index (κ2) is 6.14. The molecule has 1 aromatic rings. The summed E-state index contributed by atoms with van der Waals surface area (Å²) in [5.41, 5.74) is 1.13. The largest absolute Gasteiger partial charge is 0.326 e. The van der Waals surface area contributed by atoms with E-state index in [1.807, 2.05) is 0 Å². The number of hydrogen-bond donors (Lipinski definition) is 1. The normalized spacial score (nSPS) is 16.3. The molecule has 0 spiro atoms. The first-order valence-corrected chi connectivity index (χ1v) is 9.02. The van der Waals surface area contributed by atoms with Gasteiger partial charge in [0.2, 0.25) is 5.91 Å². The molecule has 0 unspecified atom stereocenters. The Morgan fingerprint density at radius 2 is 2.00 bits per heavy atom. The van der Waals surface area contributed by atoms with Gasteiger partial charge < -0.3 is 5.32 Å². The van der Waals surface area contributed by atoms with E-state index in [1.54, 1.807) is 19.1 Å². The maximum absolute atomic E-state index is 11.9. The van der Waals surface area contributed by atoms with Gasteiger partial charge in [-0.3, -0.25) is 4.79 Å². The van der Waals surface area contributed by atoms with Gasteiger partial charge in [0.15, 0.2) is 0 Å². The van der Waals surface area contributed by atoms with E-state index in [1.165, 1.54) is 18.9 Å². The Balaban J connectivity index is 2.03. The molecule has 0 bridgehead atoms. The van der Waals surface area contributed by atoms with Crippen molar-refractivity contribution >= 4 is 31.3 Å². The molecule has 110 valence electrons. The van der Waals surface area contributed by atoms with E-state index < -0.39 is 9.05 Å². The van der Waals surface area contributed by atoms with Crippen LogP contribution in [0.3, 0.4) is 0 Å². The Bertz CT molecular complexity index is 607. The summed E-state index contributed by atoms with van der Waals surface area (Å²) in [6, 6.07) is 4.61. The highest BCUT2D eigenvalue weighted by Gasteiger charge is 2.19. The van der Waals surface area contributed by atoms with E-state index in [0.717, 1.165) is 12.8 Å². The maximum Gasteiger partial charge on any atom is 0.261 e. The monoisotopic (exact) mass is 315 g/mol. The molecule has 0 aliphatic heterocycles. The highest BCUT2D eigenvalue weighted by molar-refractivity contribution is 8.13. The predicted octanol–water partition coefficient (Wildman–Crippen LogP) is 3.44. The lowest BCUT2D eigenvalue weighted by molar-refractivity contribution is -0.117. The third kappa shape index (κ3) is 3.96. The van der Waals surface area contributed by atoms with Gasteiger partial charge in [-0.2, -0.15) is 0 Å². The molecule has 20 heavy (non-hydrogen) atoms. The minimum absolute atomic E-state index is 0.0159. The molecule has 0 atom stereocenters. The lowest BCUT2D eigenvalue weighted by atomic mass is 10.0. The number of halogens is 1. The van der Waals surface area contributed by atoms with E-state index in [-0.39, 0.29) is 10.8 Å². The summed E-state index contributed by atoms with van der Waals surface area (Å²) in [7, 11) is 1.58. The van der Waals surface area contributed by atoms with Crippen LogP contribution in [0.1, 0.15) is 37.7 Å². The molecular formula is C14H18ClNO3S. The maximum atomic E-state index is 11.9. The van der Waals surface area contributed by atoms with Gasteiger partial charge in [-0.1, -0.05) is 12.8 Å².